The van der Waals surface area contributed by atoms with E-state index in [9.17, 15) is 4.79 Å². The number of primary amides is 1. The fourth-order valence-corrected chi connectivity index (χ4v) is 4.36. The molecule has 3 rings (SSSR count). The summed E-state index contributed by atoms with van der Waals surface area (Å²) in [5.74, 6) is 0.144. The maximum absolute atomic E-state index is 11.3. The molecule has 4 nitrogen and oxygen atoms in total. The molecule has 2 N–H and O–H groups in total. The number of amides is 1. The Morgan fingerprint density at radius 1 is 1.33 bits per heavy atom. The number of nitriles is 1. The molecule has 0 aliphatic rings. The molecular formula is C18H15N3OS2. The first-order chi connectivity index (χ1) is 11.6. The summed E-state index contributed by atoms with van der Waals surface area (Å²) in [6.07, 6.45) is 0. The van der Waals surface area contributed by atoms with Crippen LogP contribution in [0.25, 0.3) is 21.3 Å². The highest BCUT2D eigenvalue weighted by atomic mass is 32.2. The normalized spacial score (nSPS) is 12.0. The molecule has 0 aliphatic carbocycles. The van der Waals surface area contributed by atoms with E-state index in [-0.39, 0.29) is 11.8 Å². The van der Waals surface area contributed by atoms with E-state index >= 15 is 0 Å². The summed E-state index contributed by atoms with van der Waals surface area (Å²) in [5, 5.41) is 8.98. The van der Waals surface area contributed by atoms with E-state index in [0.717, 1.165) is 26.2 Å². The van der Waals surface area contributed by atoms with Crippen LogP contribution in [0.3, 0.4) is 0 Å². The summed E-state index contributed by atoms with van der Waals surface area (Å²) in [5.41, 5.74) is 10.9. The lowest BCUT2D eigenvalue weighted by molar-refractivity contribution is -0.120. The summed E-state index contributed by atoms with van der Waals surface area (Å²) in [6.45, 7) is 1.84. The average molecular weight is 353 g/mol. The van der Waals surface area contributed by atoms with Crippen LogP contribution in [0.1, 0.15) is 12.5 Å². The Labute approximate surface area is 148 Å². The number of aromatic nitrogens is 1. The molecule has 0 aliphatic heterocycles. The zero-order chi connectivity index (χ0) is 17.1. The number of benzene rings is 2. The van der Waals surface area contributed by atoms with Gasteiger partial charge in [0.25, 0.3) is 0 Å². The van der Waals surface area contributed by atoms with Gasteiger partial charge < -0.3 is 5.73 Å². The number of carbonyl (C=O) groups excluding carboxylic acids is 1. The van der Waals surface area contributed by atoms with Crippen LogP contribution < -0.4 is 5.73 Å². The van der Waals surface area contributed by atoms with Gasteiger partial charge >= 0.3 is 0 Å². The SMILES string of the molecule is CC(CSc1ccc2ncsc2c1-c1ccc(C#N)cc1)C(N)=O. The zero-order valence-electron chi connectivity index (χ0n) is 13.0. The van der Waals surface area contributed by atoms with Crippen molar-refractivity contribution in [3.8, 4) is 17.2 Å². The van der Waals surface area contributed by atoms with Gasteiger partial charge in [0.1, 0.15) is 0 Å². The Kier molecular flexibility index (Phi) is 4.84. The van der Waals surface area contributed by atoms with Crippen LogP contribution in [0, 0.1) is 17.2 Å². The molecule has 24 heavy (non-hydrogen) atoms. The van der Waals surface area contributed by atoms with Gasteiger partial charge in [-0.1, -0.05) is 19.1 Å². The van der Waals surface area contributed by atoms with Crippen LogP contribution >= 0.6 is 23.1 Å². The number of hydrogen-bond donors (Lipinski definition) is 1. The maximum atomic E-state index is 11.3. The fourth-order valence-electron chi connectivity index (χ4n) is 2.31. The quantitative estimate of drug-likeness (QED) is 0.702. The smallest absolute Gasteiger partial charge is 0.221 e. The standard InChI is InChI=1S/C18H15N3OS2/c1-11(18(20)22)9-23-15-7-6-14-17(24-10-21-14)16(15)13-4-2-12(8-19)3-5-13/h2-7,10-11H,9H2,1H3,(H2,20,22). The van der Waals surface area contributed by atoms with Gasteiger partial charge in [0.2, 0.25) is 5.91 Å². The molecule has 0 radical (unpaired) electrons. The molecule has 0 saturated heterocycles. The fraction of sp³-hybridized carbons (Fsp3) is 0.167. The van der Waals surface area contributed by atoms with Crippen molar-refractivity contribution in [1.82, 2.24) is 4.98 Å². The third kappa shape index (κ3) is 3.28. The van der Waals surface area contributed by atoms with Crippen LogP contribution in [0.4, 0.5) is 0 Å². The van der Waals surface area contributed by atoms with Gasteiger partial charge in [-0.3, -0.25) is 4.79 Å². The lowest BCUT2D eigenvalue weighted by atomic mass is 10.0. The number of nitrogens with zero attached hydrogens (tertiary/aromatic N) is 2. The Hall–Kier alpha value is -2.36. The van der Waals surface area contributed by atoms with Gasteiger partial charge in [0, 0.05) is 22.1 Å². The first-order valence-corrected chi connectivity index (χ1v) is 9.25. The number of rotatable bonds is 5. The predicted octanol–water partition coefficient (Wildman–Crippen LogP) is 4.05. The number of fused-ring (bicyclic) bond motifs is 1. The second kappa shape index (κ2) is 7.04. The summed E-state index contributed by atoms with van der Waals surface area (Å²) in [6, 6.07) is 13.7. The van der Waals surface area contributed by atoms with Crippen molar-refractivity contribution in [3.05, 3.63) is 47.5 Å². The third-order valence-corrected chi connectivity index (χ3v) is 5.92. The lowest BCUT2D eigenvalue weighted by Gasteiger charge is -2.12. The summed E-state index contributed by atoms with van der Waals surface area (Å²) >= 11 is 3.21. The van der Waals surface area contributed by atoms with Crippen molar-refractivity contribution >= 4 is 39.2 Å². The molecule has 0 fully saturated rings. The maximum Gasteiger partial charge on any atom is 0.221 e. The minimum absolute atomic E-state index is 0.194. The van der Waals surface area contributed by atoms with Crippen LogP contribution in [0.5, 0.6) is 0 Å². The molecule has 120 valence electrons. The van der Waals surface area contributed by atoms with Crippen molar-refractivity contribution in [2.45, 2.75) is 11.8 Å². The highest BCUT2D eigenvalue weighted by Crippen LogP contribution is 2.39. The molecule has 3 aromatic rings. The Balaban J connectivity index is 2.05. The van der Waals surface area contributed by atoms with E-state index in [1.54, 1.807) is 23.1 Å². The lowest BCUT2D eigenvalue weighted by Crippen LogP contribution is -2.22. The van der Waals surface area contributed by atoms with E-state index in [0.29, 0.717) is 11.3 Å². The highest BCUT2D eigenvalue weighted by Gasteiger charge is 2.15. The second-order valence-corrected chi connectivity index (χ2v) is 7.36. The van der Waals surface area contributed by atoms with E-state index in [1.807, 2.05) is 48.8 Å². The van der Waals surface area contributed by atoms with Crippen molar-refractivity contribution in [3.63, 3.8) is 0 Å². The van der Waals surface area contributed by atoms with E-state index in [1.165, 1.54) is 0 Å². The summed E-state index contributed by atoms with van der Waals surface area (Å²) in [4.78, 5) is 16.8. The third-order valence-electron chi connectivity index (χ3n) is 3.74. The van der Waals surface area contributed by atoms with E-state index in [2.05, 4.69) is 11.1 Å². The van der Waals surface area contributed by atoms with Gasteiger partial charge in [0.05, 0.1) is 27.4 Å². The number of nitrogens with two attached hydrogens (primary N) is 1. The highest BCUT2D eigenvalue weighted by molar-refractivity contribution is 7.99. The van der Waals surface area contributed by atoms with Gasteiger partial charge in [-0.25, -0.2) is 4.98 Å². The Morgan fingerprint density at radius 3 is 2.75 bits per heavy atom. The van der Waals surface area contributed by atoms with Gasteiger partial charge in [-0.2, -0.15) is 5.26 Å². The first kappa shape index (κ1) is 16.5. The molecule has 1 atom stereocenters. The minimum atomic E-state index is -0.290. The molecule has 0 saturated carbocycles. The van der Waals surface area contributed by atoms with E-state index in [4.69, 9.17) is 11.0 Å². The molecule has 0 spiro atoms. The summed E-state index contributed by atoms with van der Waals surface area (Å²) < 4.78 is 1.11. The second-order valence-electron chi connectivity index (χ2n) is 5.44. The molecule has 1 heterocycles. The van der Waals surface area contributed by atoms with E-state index < -0.39 is 0 Å². The number of carbonyl (C=O) groups is 1. The molecular weight excluding hydrogens is 338 g/mol. The first-order valence-electron chi connectivity index (χ1n) is 7.39. The van der Waals surface area contributed by atoms with Crippen molar-refractivity contribution in [2.75, 3.05) is 5.75 Å². The van der Waals surface area contributed by atoms with Gasteiger partial charge in [-0.05, 0) is 29.8 Å². The number of thioether (sulfide) groups is 1. The van der Waals surface area contributed by atoms with Crippen molar-refractivity contribution < 1.29 is 4.79 Å². The Bertz CT molecular complexity index is 926. The van der Waals surface area contributed by atoms with Crippen molar-refractivity contribution in [2.24, 2.45) is 11.7 Å². The topological polar surface area (TPSA) is 79.8 Å². The molecule has 1 unspecified atom stereocenters. The molecule has 1 aromatic heterocycles. The largest absolute Gasteiger partial charge is 0.369 e. The zero-order valence-corrected chi connectivity index (χ0v) is 14.7. The molecule has 2 aromatic carbocycles. The summed E-state index contributed by atoms with van der Waals surface area (Å²) in [7, 11) is 0. The Morgan fingerprint density at radius 2 is 2.08 bits per heavy atom. The molecule has 0 bridgehead atoms. The average Bonchev–Trinajstić information content (AvgIpc) is 3.07. The molecule has 1 amide bonds. The monoisotopic (exact) mass is 353 g/mol. The number of hydrogen-bond acceptors (Lipinski definition) is 5. The van der Waals surface area contributed by atoms with Crippen LogP contribution in [0.15, 0.2) is 46.8 Å². The minimum Gasteiger partial charge on any atom is -0.369 e. The predicted molar refractivity (Wildman–Crippen MR) is 98.9 cm³/mol. The van der Waals surface area contributed by atoms with Crippen molar-refractivity contribution in [1.29, 1.82) is 5.26 Å². The number of thiazole rings is 1. The van der Waals surface area contributed by atoms with Crippen LogP contribution in [-0.2, 0) is 4.79 Å². The van der Waals surface area contributed by atoms with Crippen LogP contribution in [0.2, 0.25) is 0 Å². The van der Waals surface area contributed by atoms with Gasteiger partial charge in [-0.15, -0.1) is 23.1 Å². The molecule has 6 heteroatoms. The van der Waals surface area contributed by atoms with Crippen LogP contribution in [-0.4, -0.2) is 16.6 Å². The van der Waals surface area contributed by atoms with Gasteiger partial charge in [0.15, 0.2) is 0 Å².